The third kappa shape index (κ3) is 7.47. The van der Waals surface area contributed by atoms with Crippen molar-refractivity contribution < 1.29 is 10.2 Å². The van der Waals surface area contributed by atoms with Crippen LogP contribution in [0.2, 0.25) is 0 Å². The Bertz CT molecular complexity index is 33.9. The molecule has 2 unspecified atom stereocenters. The van der Waals surface area contributed by atoms with E-state index in [9.17, 15) is 0 Å². The van der Waals surface area contributed by atoms with Crippen molar-refractivity contribution in [1.82, 2.24) is 0 Å². The van der Waals surface area contributed by atoms with E-state index in [1.807, 2.05) is 0 Å². The zero-order valence-electron chi connectivity index (χ0n) is 3.43. The summed E-state index contributed by atoms with van der Waals surface area (Å²) in [7, 11) is 0. The molecule has 0 radical (unpaired) electrons. The van der Waals surface area contributed by atoms with Crippen molar-refractivity contribution in [2.24, 2.45) is 0 Å². The number of hydrogen-bond acceptors (Lipinski definition) is 2. The summed E-state index contributed by atoms with van der Waals surface area (Å²) in [4.78, 5) is 0. The zero-order chi connectivity index (χ0) is 5.15. The molecule has 2 nitrogen and oxygen atoms in total. The van der Waals surface area contributed by atoms with Gasteiger partial charge in [-0.15, -0.1) is 0 Å². The first-order chi connectivity index (χ1) is 2.64. The Labute approximate surface area is 77.5 Å². The molecule has 42 valence electrons. The summed E-state index contributed by atoms with van der Waals surface area (Å²) in [6, 6.07) is 0. The first kappa shape index (κ1) is 11.3. The standard InChI is InChI=1S/C3H7ClO2.Ca.2H/c1-2(5)3(4)6;;;/h2-3,5-6H,1H3;;;. The fraction of sp³-hybridized carbons (Fsp3) is 1.00. The fourth-order valence-corrected chi connectivity index (χ4v) is 0. The minimum atomic E-state index is -1.12. The Morgan fingerprint density at radius 1 is 1.43 bits per heavy atom. The van der Waals surface area contributed by atoms with E-state index in [0.29, 0.717) is 0 Å². The van der Waals surface area contributed by atoms with Gasteiger partial charge in [-0.25, -0.2) is 0 Å². The average molecular weight is 153 g/mol. The fourth-order valence-electron chi connectivity index (χ4n) is 0. The molecule has 0 heterocycles. The predicted molar refractivity (Wildman–Crippen MR) is 32.1 cm³/mol. The van der Waals surface area contributed by atoms with Gasteiger partial charge in [-0.2, -0.15) is 0 Å². The van der Waals surface area contributed by atoms with Gasteiger partial charge in [0.2, 0.25) is 0 Å². The topological polar surface area (TPSA) is 40.5 Å². The first-order valence-electron chi connectivity index (χ1n) is 1.65. The van der Waals surface area contributed by atoms with Gasteiger partial charge in [-0.3, -0.25) is 0 Å². The van der Waals surface area contributed by atoms with Gasteiger partial charge in [0.05, 0.1) is 6.10 Å². The van der Waals surface area contributed by atoms with E-state index in [0.717, 1.165) is 0 Å². The quantitative estimate of drug-likeness (QED) is 0.374. The first-order valence-corrected chi connectivity index (χ1v) is 2.08. The van der Waals surface area contributed by atoms with Gasteiger partial charge in [0, 0.05) is 0 Å². The molecule has 0 aromatic carbocycles. The molecule has 0 saturated carbocycles. The van der Waals surface area contributed by atoms with Crippen LogP contribution in [0.3, 0.4) is 0 Å². The Morgan fingerprint density at radius 2 is 1.57 bits per heavy atom. The van der Waals surface area contributed by atoms with Crippen LogP contribution in [0.5, 0.6) is 0 Å². The number of halogens is 1. The molecule has 2 N–H and O–H groups in total. The van der Waals surface area contributed by atoms with E-state index < -0.39 is 11.7 Å². The van der Waals surface area contributed by atoms with E-state index in [4.69, 9.17) is 21.8 Å². The molecule has 0 aliphatic carbocycles. The van der Waals surface area contributed by atoms with Crippen molar-refractivity contribution in [3.05, 3.63) is 0 Å². The summed E-state index contributed by atoms with van der Waals surface area (Å²) >= 11 is 4.92. The Kier molecular flexibility index (Phi) is 9.04. The molecule has 0 aliphatic heterocycles. The molecule has 0 saturated heterocycles. The van der Waals surface area contributed by atoms with Gasteiger partial charge in [0.15, 0.2) is 5.56 Å². The number of rotatable bonds is 1. The number of aliphatic hydroxyl groups is 2. The van der Waals surface area contributed by atoms with Crippen LogP contribution < -0.4 is 0 Å². The second-order valence-electron chi connectivity index (χ2n) is 1.11. The van der Waals surface area contributed by atoms with Crippen LogP contribution in [0, 0.1) is 0 Å². The van der Waals surface area contributed by atoms with Crippen molar-refractivity contribution in [1.29, 1.82) is 0 Å². The predicted octanol–water partition coefficient (Wildman–Crippen LogP) is -0.992. The van der Waals surface area contributed by atoms with Crippen LogP contribution >= 0.6 is 11.6 Å². The number of alkyl halides is 1. The molecule has 0 amide bonds. The van der Waals surface area contributed by atoms with E-state index in [2.05, 4.69) is 0 Å². The summed E-state index contributed by atoms with van der Waals surface area (Å²) in [5, 5.41) is 16.4. The third-order valence-electron chi connectivity index (χ3n) is 0.398. The number of aliphatic hydroxyl groups excluding tert-OH is 2. The van der Waals surface area contributed by atoms with E-state index in [1.165, 1.54) is 6.92 Å². The van der Waals surface area contributed by atoms with Crippen LogP contribution in [0.1, 0.15) is 6.92 Å². The second kappa shape index (κ2) is 5.60. The van der Waals surface area contributed by atoms with Crippen molar-refractivity contribution in [3.8, 4) is 0 Å². The Balaban J connectivity index is 0. The van der Waals surface area contributed by atoms with Crippen LogP contribution in [0.15, 0.2) is 0 Å². The minimum absolute atomic E-state index is 0. The third-order valence-corrected chi connectivity index (χ3v) is 0.763. The van der Waals surface area contributed by atoms with Gasteiger partial charge in [-0.05, 0) is 6.92 Å². The molecule has 0 rings (SSSR count). The van der Waals surface area contributed by atoms with Gasteiger partial charge < -0.3 is 10.2 Å². The molecule has 0 bridgehead atoms. The average Bonchev–Trinajstić information content (AvgIpc) is 1.36. The summed E-state index contributed by atoms with van der Waals surface area (Å²) in [6.45, 7) is 1.41. The SMILES string of the molecule is CC(O)C(O)Cl.[CaH2]. The molecule has 0 spiro atoms. The van der Waals surface area contributed by atoms with Crippen LogP contribution in [0.25, 0.3) is 0 Å². The Morgan fingerprint density at radius 3 is 1.57 bits per heavy atom. The second-order valence-corrected chi connectivity index (χ2v) is 1.56. The summed E-state index contributed by atoms with van der Waals surface area (Å²) in [6.07, 6.45) is -0.827. The normalized spacial score (nSPS) is 17.1. The van der Waals surface area contributed by atoms with Crippen LogP contribution in [-0.2, 0) is 0 Å². The van der Waals surface area contributed by atoms with Crippen LogP contribution in [0.4, 0.5) is 0 Å². The van der Waals surface area contributed by atoms with Crippen molar-refractivity contribution in [2.45, 2.75) is 18.6 Å². The van der Waals surface area contributed by atoms with E-state index in [1.54, 1.807) is 0 Å². The molecular formula is C3H9CaClO2. The summed E-state index contributed by atoms with van der Waals surface area (Å²) in [5.74, 6) is 0. The van der Waals surface area contributed by atoms with E-state index in [-0.39, 0.29) is 37.7 Å². The summed E-state index contributed by atoms with van der Waals surface area (Å²) < 4.78 is 0. The molecule has 0 aromatic heterocycles. The molecule has 7 heavy (non-hydrogen) atoms. The maximum absolute atomic E-state index is 8.25. The zero-order valence-corrected chi connectivity index (χ0v) is 4.18. The van der Waals surface area contributed by atoms with Gasteiger partial charge in [0.1, 0.15) is 0 Å². The molecule has 2 atom stereocenters. The van der Waals surface area contributed by atoms with Gasteiger partial charge in [0.25, 0.3) is 0 Å². The van der Waals surface area contributed by atoms with Gasteiger partial charge >= 0.3 is 37.7 Å². The monoisotopic (exact) mass is 152 g/mol. The molecule has 0 aromatic rings. The van der Waals surface area contributed by atoms with E-state index >= 15 is 0 Å². The summed E-state index contributed by atoms with van der Waals surface area (Å²) in [5.41, 5.74) is -1.12. The van der Waals surface area contributed by atoms with Crippen molar-refractivity contribution in [3.63, 3.8) is 0 Å². The molecule has 0 fully saturated rings. The van der Waals surface area contributed by atoms with Crippen molar-refractivity contribution >= 4 is 49.3 Å². The number of hydrogen-bond donors (Lipinski definition) is 2. The van der Waals surface area contributed by atoms with Crippen molar-refractivity contribution in [2.75, 3.05) is 0 Å². The molecule has 0 aliphatic rings. The maximum atomic E-state index is 8.25. The van der Waals surface area contributed by atoms with Gasteiger partial charge in [-0.1, -0.05) is 11.6 Å². The molecule has 4 heteroatoms. The van der Waals surface area contributed by atoms with Crippen LogP contribution in [-0.4, -0.2) is 59.6 Å². The molecular weight excluding hydrogens is 144 g/mol. The Hall–Kier alpha value is 1.47.